The summed E-state index contributed by atoms with van der Waals surface area (Å²) in [5.74, 6) is -2.94. The first-order valence-electron chi connectivity index (χ1n) is 7.08. The van der Waals surface area contributed by atoms with Crippen LogP contribution in [-0.4, -0.2) is 30.8 Å². The number of carbonyl (C=O) groups is 2. The van der Waals surface area contributed by atoms with E-state index in [0.29, 0.717) is 0 Å². The van der Waals surface area contributed by atoms with Gasteiger partial charge in [0.2, 0.25) is 0 Å². The van der Waals surface area contributed by atoms with E-state index in [9.17, 15) is 22.8 Å². The Labute approximate surface area is 141 Å². The molecule has 0 unspecified atom stereocenters. The van der Waals surface area contributed by atoms with E-state index in [2.05, 4.69) is 9.72 Å². The average Bonchev–Trinajstić information content (AvgIpc) is 2.61. The molecule has 0 aliphatic heterocycles. The standard InChI is InChI=1S/C16H14F3N3O3/c1-25-14(24)15(16(17,18)19,21-12-9-5-6-10-20-12)22-13(23)11-7-3-2-4-8-11/h2-10H,1H3,(H,20,21)(H,22,23)/p+1/t15-/m1/s1. The number of aromatic nitrogens is 1. The van der Waals surface area contributed by atoms with Gasteiger partial charge in [0, 0.05) is 11.6 Å². The van der Waals surface area contributed by atoms with Crippen molar-refractivity contribution in [2.75, 3.05) is 12.4 Å². The minimum atomic E-state index is -5.19. The summed E-state index contributed by atoms with van der Waals surface area (Å²) in [5.41, 5.74) is -3.51. The first-order chi connectivity index (χ1) is 11.8. The normalized spacial score (nSPS) is 13.4. The van der Waals surface area contributed by atoms with E-state index >= 15 is 0 Å². The molecule has 1 heterocycles. The third-order valence-corrected chi connectivity index (χ3v) is 3.29. The van der Waals surface area contributed by atoms with Gasteiger partial charge < -0.3 is 4.74 Å². The van der Waals surface area contributed by atoms with Crippen LogP contribution in [0.5, 0.6) is 0 Å². The van der Waals surface area contributed by atoms with Crippen LogP contribution in [0.4, 0.5) is 19.0 Å². The van der Waals surface area contributed by atoms with Gasteiger partial charge in [-0.1, -0.05) is 24.3 Å². The average molecular weight is 354 g/mol. The van der Waals surface area contributed by atoms with Crippen LogP contribution in [0.2, 0.25) is 0 Å². The first kappa shape index (κ1) is 18.2. The van der Waals surface area contributed by atoms with E-state index in [0.717, 1.165) is 7.11 Å². The summed E-state index contributed by atoms with van der Waals surface area (Å²) in [6.45, 7) is 0. The number of H-pyrrole nitrogens is 1. The van der Waals surface area contributed by atoms with Crippen LogP contribution in [0.1, 0.15) is 10.4 Å². The molecule has 1 aromatic heterocycles. The summed E-state index contributed by atoms with van der Waals surface area (Å²) in [6.07, 6.45) is -3.83. The van der Waals surface area contributed by atoms with Gasteiger partial charge in [0.1, 0.15) is 0 Å². The predicted molar refractivity (Wildman–Crippen MR) is 81.3 cm³/mol. The lowest BCUT2D eigenvalue weighted by Gasteiger charge is -2.30. The quantitative estimate of drug-likeness (QED) is 0.633. The number of rotatable bonds is 5. The highest BCUT2D eigenvalue weighted by atomic mass is 19.4. The van der Waals surface area contributed by atoms with Gasteiger partial charge in [-0.15, -0.1) is 0 Å². The van der Waals surface area contributed by atoms with E-state index in [-0.39, 0.29) is 11.4 Å². The molecular formula is C16H15F3N3O3+. The van der Waals surface area contributed by atoms with Crippen molar-refractivity contribution in [2.24, 2.45) is 0 Å². The molecule has 132 valence electrons. The van der Waals surface area contributed by atoms with E-state index in [1.54, 1.807) is 17.4 Å². The van der Waals surface area contributed by atoms with E-state index in [1.807, 2.05) is 5.32 Å². The minimum absolute atomic E-state index is 0.0427. The molecule has 2 rings (SSSR count). The number of esters is 1. The number of anilines is 1. The summed E-state index contributed by atoms with van der Waals surface area (Å²) in [7, 11) is 0.799. The molecule has 1 atom stereocenters. The van der Waals surface area contributed by atoms with Crippen LogP contribution in [0, 0.1) is 0 Å². The predicted octanol–water partition coefficient (Wildman–Crippen LogP) is 1.77. The topological polar surface area (TPSA) is 81.6 Å². The van der Waals surface area contributed by atoms with Gasteiger partial charge in [-0.05, 0) is 18.2 Å². The zero-order valence-corrected chi connectivity index (χ0v) is 13.1. The number of halogens is 3. The SMILES string of the molecule is COC(=O)[C@](NC(=O)c1ccccc1)(Nc1cccc[nH+]1)C(F)(F)F. The van der Waals surface area contributed by atoms with Gasteiger partial charge in [-0.3, -0.25) is 10.1 Å². The number of ether oxygens (including phenoxy) is 1. The molecule has 25 heavy (non-hydrogen) atoms. The number of pyridine rings is 1. The Kier molecular flexibility index (Phi) is 5.26. The highest BCUT2D eigenvalue weighted by Crippen LogP contribution is 2.32. The van der Waals surface area contributed by atoms with Crippen molar-refractivity contribution in [1.82, 2.24) is 5.32 Å². The summed E-state index contributed by atoms with van der Waals surface area (Å²) < 4.78 is 45.6. The molecule has 0 saturated carbocycles. The zero-order valence-electron chi connectivity index (χ0n) is 13.1. The van der Waals surface area contributed by atoms with Gasteiger partial charge in [0.25, 0.3) is 11.7 Å². The molecule has 0 saturated heterocycles. The number of nitrogens with one attached hydrogen (secondary N) is 3. The van der Waals surface area contributed by atoms with Gasteiger partial charge in [-0.25, -0.2) is 15.1 Å². The molecule has 0 bridgehead atoms. The monoisotopic (exact) mass is 354 g/mol. The summed E-state index contributed by atoms with van der Waals surface area (Å²) >= 11 is 0. The number of amides is 1. The summed E-state index contributed by atoms with van der Waals surface area (Å²) in [4.78, 5) is 26.8. The molecule has 3 N–H and O–H groups in total. The third kappa shape index (κ3) is 3.87. The fourth-order valence-corrected chi connectivity index (χ4v) is 2.05. The van der Waals surface area contributed by atoms with E-state index in [1.165, 1.54) is 42.6 Å². The van der Waals surface area contributed by atoms with E-state index in [4.69, 9.17) is 0 Å². The summed E-state index contributed by atoms with van der Waals surface area (Å²) in [6, 6.07) is 11.5. The molecule has 1 amide bonds. The third-order valence-electron chi connectivity index (χ3n) is 3.29. The molecule has 0 fully saturated rings. The van der Waals surface area contributed by atoms with Crippen molar-refractivity contribution in [3.63, 3.8) is 0 Å². The summed E-state index contributed by atoms with van der Waals surface area (Å²) in [5, 5.41) is 3.71. The first-order valence-corrected chi connectivity index (χ1v) is 7.08. The lowest BCUT2D eigenvalue weighted by Crippen LogP contribution is -2.69. The fourth-order valence-electron chi connectivity index (χ4n) is 2.05. The number of hydrogen-bond donors (Lipinski definition) is 2. The largest absolute Gasteiger partial charge is 0.464 e. The van der Waals surface area contributed by atoms with Crippen LogP contribution >= 0.6 is 0 Å². The second-order valence-corrected chi connectivity index (χ2v) is 4.96. The maximum absolute atomic E-state index is 13.8. The number of aromatic amines is 1. The smallest absolute Gasteiger partial charge is 0.464 e. The Morgan fingerprint density at radius 2 is 1.68 bits per heavy atom. The van der Waals surface area contributed by atoms with Crippen molar-refractivity contribution < 1.29 is 32.5 Å². The molecule has 0 spiro atoms. The van der Waals surface area contributed by atoms with Crippen molar-refractivity contribution in [3.8, 4) is 0 Å². The Hall–Kier alpha value is -3.10. The highest BCUT2D eigenvalue weighted by Gasteiger charge is 2.67. The Balaban J connectivity index is 2.46. The molecule has 0 aliphatic rings. The van der Waals surface area contributed by atoms with Crippen molar-refractivity contribution in [3.05, 3.63) is 60.3 Å². The second kappa shape index (κ2) is 7.20. The molecule has 2 aromatic rings. The molecular weight excluding hydrogens is 339 g/mol. The van der Waals surface area contributed by atoms with E-state index < -0.39 is 23.7 Å². The number of hydrogen-bond acceptors (Lipinski definition) is 4. The lowest BCUT2D eigenvalue weighted by molar-refractivity contribution is -0.363. The van der Waals surface area contributed by atoms with Gasteiger partial charge in [0.05, 0.1) is 13.3 Å². The van der Waals surface area contributed by atoms with Gasteiger partial charge in [-0.2, -0.15) is 13.2 Å². The molecule has 0 aliphatic carbocycles. The zero-order chi connectivity index (χ0) is 18.5. The van der Waals surface area contributed by atoms with Crippen molar-refractivity contribution in [2.45, 2.75) is 11.8 Å². The Morgan fingerprint density at radius 1 is 1.04 bits per heavy atom. The maximum atomic E-state index is 13.8. The number of methoxy groups -OCH3 is 1. The molecule has 9 heteroatoms. The maximum Gasteiger partial charge on any atom is 0.464 e. The van der Waals surface area contributed by atoms with Crippen LogP contribution in [0.25, 0.3) is 0 Å². The minimum Gasteiger partial charge on any atom is -0.464 e. The molecule has 0 radical (unpaired) electrons. The van der Waals surface area contributed by atoms with Crippen LogP contribution in [0.3, 0.4) is 0 Å². The second-order valence-electron chi connectivity index (χ2n) is 4.96. The highest BCUT2D eigenvalue weighted by molar-refractivity contribution is 5.99. The van der Waals surface area contributed by atoms with Crippen LogP contribution in [0.15, 0.2) is 54.7 Å². The van der Waals surface area contributed by atoms with Crippen molar-refractivity contribution >= 4 is 17.7 Å². The van der Waals surface area contributed by atoms with Gasteiger partial charge >= 0.3 is 17.8 Å². The van der Waals surface area contributed by atoms with Crippen LogP contribution in [-0.2, 0) is 9.53 Å². The number of carbonyl (C=O) groups excluding carboxylic acids is 2. The molecule has 6 nitrogen and oxygen atoms in total. The Bertz CT molecular complexity index is 739. The number of benzene rings is 1. The van der Waals surface area contributed by atoms with Crippen LogP contribution < -0.4 is 15.6 Å². The molecule has 1 aromatic carbocycles. The van der Waals surface area contributed by atoms with Crippen molar-refractivity contribution in [1.29, 1.82) is 0 Å². The lowest BCUT2D eigenvalue weighted by atomic mass is 10.1. The number of alkyl halides is 3. The Morgan fingerprint density at radius 3 is 2.20 bits per heavy atom. The van der Waals surface area contributed by atoms with Gasteiger partial charge in [0.15, 0.2) is 0 Å². The fraction of sp³-hybridized carbons (Fsp3) is 0.188.